The van der Waals surface area contributed by atoms with Gasteiger partial charge in [0.1, 0.15) is 97.7 Å². The maximum absolute atomic E-state index is 10.5. The highest BCUT2D eigenvalue weighted by Crippen LogP contribution is 2.30. The van der Waals surface area contributed by atoms with Gasteiger partial charge in [0.2, 0.25) is 0 Å². The second kappa shape index (κ2) is 15.6. The standard InChI is InChI=1S/C24H42O21/c25-1-5-10(28)16(34)20(21(38)41-5)45-24-19(37)15(33)12(30)8(44-24)4-40-23-18(36)14(32)11(29)7(43-23)3-39-22-17(35)13(31)9(27)6(2-26)42-22/h5-38H,1-4H2/t5-,6-,7-,8-,9-,10-,11-,12+,13+,14+,15+,16+,17-,18-,19-,20-,21+,22-,23-,24-/m1/s1. The summed E-state index contributed by atoms with van der Waals surface area (Å²) in [7, 11) is 0. The van der Waals surface area contributed by atoms with Crippen LogP contribution in [0.4, 0.5) is 0 Å². The Labute approximate surface area is 254 Å². The Morgan fingerprint density at radius 3 is 1.20 bits per heavy atom. The first kappa shape index (κ1) is 37.0. The van der Waals surface area contributed by atoms with Crippen molar-refractivity contribution in [3.63, 3.8) is 0 Å². The zero-order valence-electron chi connectivity index (χ0n) is 23.5. The summed E-state index contributed by atoms with van der Waals surface area (Å²) >= 11 is 0. The number of aliphatic hydroxyl groups is 14. The molecule has 0 radical (unpaired) electrons. The lowest BCUT2D eigenvalue weighted by molar-refractivity contribution is -0.368. The number of hydrogen-bond acceptors (Lipinski definition) is 21. The zero-order valence-corrected chi connectivity index (χ0v) is 23.5. The predicted molar refractivity (Wildman–Crippen MR) is 134 cm³/mol. The quantitative estimate of drug-likeness (QED) is 0.103. The lowest BCUT2D eigenvalue weighted by Gasteiger charge is -2.45. The van der Waals surface area contributed by atoms with Crippen LogP contribution < -0.4 is 0 Å². The van der Waals surface area contributed by atoms with Crippen molar-refractivity contribution in [2.45, 2.75) is 123 Å². The second-order valence-corrected chi connectivity index (χ2v) is 11.2. The largest absolute Gasteiger partial charge is 0.394 e. The first-order valence-corrected chi connectivity index (χ1v) is 14.1. The van der Waals surface area contributed by atoms with Crippen LogP contribution in [0.3, 0.4) is 0 Å². The Bertz CT molecular complexity index is 916. The zero-order chi connectivity index (χ0) is 33.3. The molecule has 20 atom stereocenters. The van der Waals surface area contributed by atoms with Crippen LogP contribution in [-0.4, -0.2) is 221 Å². The van der Waals surface area contributed by atoms with E-state index in [1.807, 2.05) is 0 Å². The van der Waals surface area contributed by atoms with Gasteiger partial charge in [-0.2, -0.15) is 0 Å². The van der Waals surface area contributed by atoms with E-state index < -0.39 is 149 Å². The van der Waals surface area contributed by atoms with Crippen LogP contribution in [0.25, 0.3) is 0 Å². The van der Waals surface area contributed by atoms with Crippen molar-refractivity contribution in [1.82, 2.24) is 0 Å². The Morgan fingerprint density at radius 1 is 0.378 bits per heavy atom. The molecule has 4 aliphatic heterocycles. The maximum Gasteiger partial charge on any atom is 0.187 e. The smallest absolute Gasteiger partial charge is 0.187 e. The van der Waals surface area contributed by atoms with Gasteiger partial charge in [-0.1, -0.05) is 0 Å². The number of hydrogen-bond donors (Lipinski definition) is 14. The Morgan fingerprint density at radius 2 is 0.733 bits per heavy atom. The van der Waals surface area contributed by atoms with E-state index in [-0.39, 0.29) is 0 Å². The first-order chi connectivity index (χ1) is 21.2. The fourth-order valence-electron chi connectivity index (χ4n) is 5.32. The van der Waals surface area contributed by atoms with Gasteiger partial charge in [-0.05, 0) is 0 Å². The van der Waals surface area contributed by atoms with Gasteiger partial charge >= 0.3 is 0 Å². The molecule has 0 spiro atoms. The van der Waals surface area contributed by atoms with E-state index in [1.54, 1.807) is 0 Å². The van der Waals surface area contributed by atoms with Gasteiger partial charge in [-0.3, -0.25) is 0 Å². The number of aliphatic hydroxyl groups excluding tert-OH is 14. The molecule has 0 aromatic carbocycles. The third-order valence-corrected chi connectivity index (χ3v) is 8.17. The molecule has 4 saturated heterocycles. The molecule has 21 heteroatoms. The average Bonchev–Trinajstić information content (AvgIpc) is 3.02. The lowest BCUT2D eigenvalue weighted by Crippen LogP contribution is -2.65. The summed E-state index contributed by atoms with van der Waals surface area (Å²) in [6, 6.07) is 0. The minimum absolute atomic E-state index is 0.645. The summed E-state index contributed by atoms with van der Waals surface area (Å²) in [4.78, 5) is 0. The highest BCUT2D eigenvalue weighted by Gasteiger charge is 2.52. The Hall–Kier alpha value is -0.840. The molecule has 21 nitrogen and oxygen atoms in total. The van der Waals surface area contributed by atoms with Gasteiger partial charge in [0.15, 0.2) is 25.2 Å². The van der Waals surface area contributed by atoms with Gasteiger partial charge in [-0.15, -0.1) is 0 Å². The fourth-order valence-corrected chi connectivity index (χ4v) is 5.32. The van der Waals surface area contributed by atoms with Crippen molar-refractivity contribution < 1.29 is 105 Å². The molecule has 4 rings (SSSR count). The lowest BCUT2D eigenvalue weighted by atomic mass is 9.97. The van der Waals surface area contributed by atoms with E-state index in [0.717, 1.165) is 0 Å². The van der Waals surface area contributed by atoms with Crippen LogP contribution in [0.2, 0.25) is 0 Å². The van der Waals surface area contributed by atoms with Crippen LogP contribution in [0.15, 0.2) is 0 Å². The SMILES string of the molecule is OC[C@H]1O[C@@H](OC[C@H]2O[C@@H](OC[C@H]3O[C@H](O[C@@H]4[C@@H](O)[C@H](O)[C@@H](CO)O[C@@H]4O)[C@H](O)[C@@H](O)[C@H]3O)[C@H](O)[C@@H](O)[C@@H]2O)[C@H](O)[C@@H](O)[C@@H]1O. The topological polar surface area (TPSA) is 348 Å². The minimum Gasteiger partial charge on any atom is -0.394 e. The molecular formula is C24H42O21. The molecule has 4 heterocycles. The fraction of sp³-hybridized carbons (Fsp3) is 1.00. The van der Waals surface area contributed by atoms with Crippen LogP contribution in [-0.2, 0) is 33.2 Å². The molecular weight excluding hydrogens is 624 g/mol. The summed E-state index contributed by atoms with van der Waals surface area (Å²) in [6.07, 6.45) is -34.6. The highest BCUT2D eigenvalue weighted by atomic mass is 16.8. The normalized spacial score (nSPS) is 52.9. The molecule has 264 valence electrons. The van der Waals surface area contributed by atoms with Crippen molar-refractivity contribution in [2.24, 2.45) is 0 Å². The molecule has 45 heavy (non-hydrogen) atoms. The Kier molecular flexibility index (Phi) is 12.8. The summed E-state index contributed by atoms with van der Waals surface area (Å²) < 4.78 is 37.2. The summed E-state index contributed by atoms with van der Waals surface area (Å²) in [5.41, 5.74) is 0. The monoisotopic (exact) mass is 666 g/mol. The van der Waals surface area contributed by atoms with Crippen LogP contribution in [0.5, 0.6) is 0 Å². The summed E-state index contributed by atoms with van der Waals surface area (Å²) in [5.74, 6) is 0. The molecule has 4 fully saturated rings. The minimum atomic E-state index is -1.96. The first-order valence-electron chi connectivity index (χ1n) is 14.1. The van der Waals surface area contributed by atoms with E-state index in [0.29, 0.717) is 0 Å². The van der Waals surface area contributed by atoms with Crippen molar-refractivity contribution in [2.75, 3.05) is 26.4 Å². The highest BCUT2D eigenvalue weighted by molar-refractivity contribution is 4.95. The van der Waals surface area contributed by atoms with Crippen molar-refractivity contribution in [1.29, 1.82) is 0 Å². The van der Waals surface area contributed by atoms with Crippen LogP contribution in [0, 0.1) is 0 Å². The Balaban J connectivity index is 1.36. The van der Waals surface area contributed by atoms with E-state index in [9.17, 15) is 71.5 Å². The van der Waals surface area contributed by atoms with Crippen molar-refractivity contribution >= 4 is 0 Å². The molecule has 0 bridgehead atoms. The molecule has 0 aromatic rings. The number of rotatable bonds is 10. The van der Waals surface area contributed by atoms with Crippen LogP contribution >= 0.6 is 0 Å². The third-order valence-electron chi connectivity index (χ3n) is 8.17. The van der Waals surface area contributed by atoms with E-state index >= 15 is 0 Å². The predicted octanol–water partition coefficient (Wildman–Crippen LogP) is -9.75. The maximum atomic E-state index is 10.5. The average molecular weight is 667 g/mol. The molecule has 0 aromatic heterocycles. The molecule has 0 unspecified atom stereocenters. The second-order valence-electron chi connectivity index (χ2n) is 11.2. The summed E-state index contributed by atoms with van der Waals surface area (Å²) in [5, 5.41) is 141. The van der Waals surface area contributed by atoms with Gasteiger partial charge < -0.3 is 105 Å². The molecule has 0 amide bonds. The van der Waals surface area contributed by atoms with Gasteiger partial charge in [0.25, 0.3) is 0 Å². The summed E-state index contributed by atoms with van der Waals surface area (Å²) in [6.45, 7) is -2.86. The van der Waals surface area contributed by atoms with E-state index in [4.69, 9.17) is 33.2 Å². The van der Waals surface area contributed by atoms with Gasteiger partial charge in [-0.25, -0.2) is 0 Å². The molecule has 0 saturated carbocycles. The van der Waals surface area contributed by atoms with E-state index in [1.165, 1.54) is 0 Å². The van der Waals surface area contributed by atoms with Gasteiger partial charge in [0, 0.05) is 0 Å². The molecule has 4 aliphatic rings. The molecule has 14 N–H and O–H groups in total. The number of ether oxygens (including phenoxy) is 7. The van der Waals surface area contributed by atoms with Crippen LogP contribution in [0.1, 0.15) is 0 Å². The third kappa shape index (κ3) is 7.75. The van der Waals surface area contributed by atoms with E-state index in [2.05, 4.69) is 0 Å². The van der Waals surface area contributed by atoms with Crippen molar-refractivity contribution in [3.8, 4) is 0 Å². The van der Waals surface area contributed by atoms with Gasteiger partial charge in [0.05, 0.1) is 26.4 Å². The van der Waals surface area contributed by atoms with Crippen molar-refractivity contribution in [3.05, 3.63) is 0 Å². The molecule has 0 aliphatic carbocycles.